The first kappa shape index (κ1) is 18.0. The fourth-order valence-electron chi connectivity index (χ4n) is 3.63. The van der Waals surface area contributed by atoms with E-state index in [4.69, 9.17) is 0 Å². The van der Waals surface area contributed by atoms with Gasteiger partial charge in [0.2, 0.25) is 5.91 Å². The van der Waals surface area contributed by atoms with E-state index in [2.05, 4.69) is 16.0 Å². The first-order valence-corrected chi connectivity index (χ1v) is 9.29. The van der Waals surface area contributed by atoms with E-state index in [0.29, 0.717) is 24.5 Å². The summed E-state index contributed by atoms with van der Waals surface area (Å²) in [7, 11) is 0. The lowest BCUT2D eigenvalue weighted by Gasteiger charge is -2.34. The molecule has 1 N–H and O–H groups in total. The molecule has 0 aliphatic carbocycles. The molecule has 142 valence electrons. The molecule has 28 heavy (non-hydrogen) atoms. The van der Waals surface area contributed by atoms with E-state index in [1.807, 2.05) is 44.2 Å². The van der Waals surface area contributed by atoms with Gasteiger partial charge < -0.3 is 14.8 Å². The van der Waals surface area contributed by atoms with Crippen molar-refractivity contribution in [3.8, 4) is 11.4 Å². The summed E-state index contributed by atoms with van der Waals surface area (Å²) >= 11 is 0. The fraction of sp³-hybridized carbons (Fsp3) is 0.227. The zero-order valence-corrected chi connectivity index (χ0v) is 16.0. The molecule has 6 nitrogen and oxygen atoms in total. The number of anilines is 1. The van der Waals surface area contributed by atoms with Gasteiger partial charge in [-0.3, -0.25) is 9.59 Å². The van der Waals surface area contributed by atoms with Gasteiger partial charge in [0, 0.05) is 42.3 Å². The number of aromatic nitrogens is 2. The number of benzene rings is 2. The summed E-state index contributed by atoms with van der Waals surface area (Å²) in [5.74, 6) is 0.513. The summed E-state index contributed by atoms with van der Waals surface area (Å²) in [5.41, 5.74) is 4.54. The number of piperazine rings is 1. The van der Waals surface area contributed by atoms with Gasteiger partial charge in [0.25, 0.3) is 5.91 Å². The minimum Gasteiger partial charge on any atom is -0.345 e. The van der Waals surface area contributed by atoms with Crippen LogP contribution in [0.4, 0.5) is 5.69 Å². The number of hydrogen-bond donors (Lipinski definition) is 1. The molecule has 4 rings (SSSR count). The standard InChI is InChI=1S/C22H22N4O2/c1-15-10-16(2)12-19(11-15)26-9-8-25(14-20(26)27)22(28)18-5-3-4-17(13-18)21-23-6-7-24-21/h3-7,10-13H,8-9,14H2,1-2H3,(H,23,24). The van der Waals surface area contributed by atoms with Crippen LogP contribution in [0.25, 0.3) is 11.4 Å². The highest BCUT2D eigenvalue weighted by atomic mass is 16.2. The number of H-pyrrole nitrogens is 1. The van der Waals surface area contributed by atoms with Gasteiger partial charge in [0.15, 0.2) is 0 Å². The van der Waals surface area contributed by atoms with Crippen molar-refractivity contribution in [2.24, 2.45) is 0 Å². The van der Waals surface area contributed by atoms with Gasteiger partial charge in [-0.15, -0.1) is 0 Å². The number of rotatable bonds is 3. The summed E-state index contributed by atoms with van der Waals surface area (Å²) in [4.78, 5) is 36.3. The van der Waals surface area contributed by atoms with E-state index in [1.165, 1.54) is 0 Å². The van der Waals surface area contributed by atoms with Crippen molar-refractivity contribution in [3.05, 3.63) is 71.5 Å². The lowest BCUT2D eigenvalue weighted by Crippen LogP contribution is -2.52. The van der Waals surface area contributed by atoms with Crippen molar-refractivity contribution < 1.29 is 9.59 Å². The Kier molecular flexibility index (Phi) is 4.69. The lowest BCUT2D eigenvalue weighted by molar-refractivity contribution is -0.120. The second-order valence-electron chi connectivity index (χ2n) is 7.14. The Balaban J connectivity index is 1.51. The number of carbonyl (C=O) groups excluding carboxylic acids is 2. The molecule has 0 radical (unpaired) electrons. The van der Waals surface area contributed by atoms with Crippen LogP contribution >= 0.6 is 0 Å². The molecule has 2 amide bonds. The second kappa shape index (κ2) is 7.31. The van der Waals surface area contributed by atoms with Gasteiger partial charge in [-0.2, -0.15) is 0 Å². The Labute approximate surface area is 163 Å². The number of nitrogens with zero attached hydrogens (tertiary/aromatic N) is 3. The van der Waals surface area contributed by atoms with Gasteiger partial charge in [-0.1, -0.05) is 18.2 Å². The molecule has 6 heteroatoms. The van der Waals surface area contributed by atoms with Crippen molar-refractivity contribution >= 4 is 17.5 Å². The highest BCUT2D eigenvalue weighted by Crippen LogP contribution is 2.22. The highest BCUT2D eigenvalue weighted by Gasteiger charge is 2.29. The van der Waals surface area contributed by atoms with Gasteiger partial charge in [-0.25, -0.2) is 4.98 Å². The quantitative estimate of drug-likeness (QED) is 0.765. The molecule has 0 saturated carbocycles. The normalized spacial score (nSPS) is 14.4. The zero-order valence-electron chi connectivity index (χ0n) is 16.0. The molecular weight excluding hydrogens is 352 g/mol. The molecule has 1 saturated heterocycles. The Bertz CT molecular complexity index is 1010. The molecule has 3 aromatic rings. The molecule has 0 spiro atoms. The van der Waals surface area contributed by atoms with Crippen LogP contribution in [0.15, 0.2) is 54.9 Å². The van der Waals surface area contributed by atoms with Gasteiger partial charge in [-0.05, 0) is 49.2 Å². The van der Waals surface area contributed by atoms with Crippen LogP contribution in [0.1, 0.15) is 21.5 Å². The van der Waals surface area contributed by atoms with E-state index in [0.717, 1.165) is 22.4 Å². The van der Waals surface area contributed by atoms with E-state index >= 15 is 0 Å². The van der Waals surface area contributed by atoms with E-state index in [9.17, 15) is 9.59 Å². The van der Waals surface area contributed by atoms with Crippen molar-refractivity contribution in [1.82, 2.24) is 14.9 Å². The van der Waals surface area contributed by atoms with Crippen molar-refractivity contribution in [2.75, 3.05) is 24.5 Å². The smallest absolute Gasteiger partial charge is 0.254 e. The maximum absolute atomic E-state index is 12.9. The third-order valence-corrected chi connectivity index (χ3v) is 4.91. The van der Waals surface area contributed by atoms with Crippen LogP contribution in [0.5, 0.6) is 0 Å². The molecule has 1 fully saturated rings. The number of aryl methyl sites for hydroxylation is 2. The molecule has 1 aliphatic rings. The van der Waals surface area contributed by atoms with Crippen LogP contribution in [-0.4, -0.2) is 46.3 Å². The first-order valence-electron chi connectivity index (χ1n) is 9.29. The van der Waals surface area contributed by atoms with Crippen LogP contribution in [0, 0.1) is 13.8 Å². The lowest BCUT2D eigenvalue weighted by atomic mass is 10.1. The minimum absolute atomic E-state index is 0.0632. The van der Waals surface area contributed by atoms with Crippen molar-refractivity contribution in [1.29, 1.82) is 0 Å². The first-order chi connectivity index (χ1) is 13.5. The molecule has 1 aliphatic heterocycles. The summed E-state index contributed by atoms with van der Waals surface area (Å²) in [6.45, 7) is 5.12. The molecule has 0 bridgehead atoms. The number of nitrogens with one attached hydrogen (secondary N) is 1. The Hall–Kier alpha value is -3.41. The predicted molar refractivity (Wildman–Crippen MR) is 108 cm³/mol. The third-order valence-electron chi connectivity index (χ3n) is 4.91. The number of aromatic amines is 1. The summed E-state index contributed by atoms with van der Waals surface area (Å²) in [6, 6.07) is 13.4. The number of carbonyl (C=O) groups is 2. The van der Waals surface area contributed by atoms with E-state index in [1.54, 1.807) is 28.3 Å². The summed E-state index contributed by atoms with van der Waals surface area (Å²) in [5, 5.41) is 0. The van der Waals surface area contributed by atoms with Crippen molar-refractivity contribution in [2.45, 2.75) is 13.8 Å². The third kappa shape index (κ3) is 3.53. The Morgan fingerprint density at radius 1 is 1.07 bits per heavy atom. The molecule has 1 aromatic heterocycles. The monoisotopic (exact) mass is 374 g/mol. The van der Waals surface area contributed by atoms with E-state index < -0.39 is 0 Å². The van der Waals surface area contributed by atoms with E-state index in [-0.39, 0.29) is 18.4 Å². The number of hydrogen-bond acceptors (Lipinski definition) is 3. The zero-order chi connectivity index (χ0) is 19.7. The van der Waals surface area contributed by atoms with Gasteiger partial charge >= 0.3 is 0 Å². The van der Waals surface area contributed by atoms with Crippen LogP contribution in [0.3, 0.4) is 0 Å². The Morgan fingerprint density at radius 2 is 1.86 bits per heavy atom. The second-order valence-corrected chi connectivity index (χ2v) is 7.14. The van der Waals surface area contributed by atoms with Crippen LogP contribution in [-0.2, 0) is 4.79 Å². The van der Waals surface area contributed by atoms with Gasteiger partial charge in [0.05, 0.1) is 0 Å². The Morgan fingerprint density at radius 3 is 2.54 bits per heavy atom. The average molecular weight is 374 g/mol. The topological polar surface area (TPSA) is 69.3 Å². The van der Waals surface area contributed by atoms with Crippen LogP contribution in [0.2, 0.25) is 0 Å². The fourth-order valence-corrected chi connectivity index (χ4v) is 3.63. The van der Waals surface area contributed by atoms with Gasteiger partial charge in [0.1, 0.15) is 12.4 Å². The maximum atomic E-state index is 12.9. The maximum Gasteiger partial charge on any atom is 0.254 e. The van der Waals surface area contributed by atoms with Crippen molar-refractivity contribution in [3.63, 3.8) is 0 Å². The van der Waals surface area contributed by atoms with Crippen LogP contribution < -0.4 is 4.90 Å². The average Bonchev–Trinajstić information content (AvgIpc) is 3.21. The molecule has 2 aromatic carbocycles. The molecule has 0 atom stereocenters. The number of amides is 2. The largest absolute Gasteiger partial charge is 0.345 e. The minimum atomic E-state index is -0.137. The number of imidazole rings is 1. The predicted octanol–water partition coefficient (Wildman–Crippen LogP) is 3.18. The SMILES string of the molecule is Cc1cc(C)cc(N2CCN(C(=O)c3cccc(-c4ncc[nH]4)c3)CC2=O)c1. The summed E-state index contributed by atoms with van der Waals surface area (Å²) < 4.78 is 0. The molecule has 2 heterocycles. The summed E-state index contributed by atoms with van der Waals surface area (Å²) in [6.07, 6.45) is 3.42. The highest BCUT2D eigenvalue weighted by molar-refractivity contribution is 6.02. The molecule has 0 unspecified atom stereocenters. The molecular formula is C22H22N4O2.